The van der Waals surface area contributed by atoms with Gasteiger partial charge in [0.15, 0.2) is 0 Å². The molecule has 1 rings (SSSR count). The molecule has 0 spiro atoms. The van der Waals surface area contributed by atoms with Gasteiger partial charge in [0.05, 0.1) is 10.6 Å². The fourth-order valence-corrected chi connectivity index (χ4v) is 3.38. The zero-order chi connectivity index (χ0) is 16.2. The molecule has 1 atom stereocenters. The molecule has 1 amide bonds. The topological polar surface area (TPSA) is 98.5 Å². The fraction of sp³-hybridized carbons (Fsp3) is 0.417. The highest BCUT2D eigenvalue weighted by Crippen LogP contribution is 2.29. The van der Waals surface area contributed by atoms with E-state index < -0.39 is 15.9 Å². The smallest absolute Gasteiger partial charge is 0.253 e. The van der Waals surface area contributed by atoms with Crippen LogP contribution < -0.4 is 10.5 Å². The molecule has 0 saturated carbocycles. The van der Waals surface area contributed by atoms with E-state index in [0.29, 0.717) is 17.5 Å². The van der Waals surface area contributed by atoms with Gasteiger partial charge in [-0.15, -0.1) is 0 Å². The minimum atomic E-state index is -4.02. The van der Waals surface area contributed by atoms with E-state index in [4.69, 9.17) is 21.5 Å². The van der Waals surface area contributed by atoms with Gasteiger partial charge in [-0.2, -0.15) is 0 Å². The second-order valence-electron chi connectivity index (χ2n) is 4.47. The number of nitrogens with one attached hydrogen (secondary N) is 1. The quantitative estimate of drug-likeness (QED) is 0.763. The van der Waals surface area contributed by atoms with Crippen molar-refractivity contribution in [1.82, 2.24) is 5.32 Å². The maximum Gasteiger partial charge on any atom is 0.253 e. The van der Waals surface area contributed by atoms with Gasteiger partial charge in [-0.05, 0) is 25.5 Å². The number of carbonyl (C=O) groups is 1. The van der Waals surface area contributed by atoms with Crippen molar-refractivity contribution in [2.75, 3.05) is 13.7 Å². The molecule has 9 heteroatoms. The Kier molecular flexibility index (Phi) is 6.61. The summed E-state index contributed by atoms with van der Waals surface area (Å²) < 4.78 is 28.3. The lowest BCUT2D eigenvalue weighted by atomic mass is 10.2. The first-order valence-corrected chi connectivity index (χ1v) is 8.70. The van der Waals surface area contributed by atoms with Gasteiger partial charge in [0.25, 0.3) is 5.91 Å². The fourth-order valence-electron chi connectivity index (χ4n) is 1.60. The molecule has 1 unspecified atom stereocenters. The molecule has 1 aromatic carbocycles. The first kappa shape index (κ1) is 18.4. The molecule has 0 aliphatic heterocycles. The number of carbonyl (C=O) groups excluding carboxylic acids is 1. The third-order valence-corrected chi connectivity index (χ3v) is 4.60. The average molecular weight is 400 g/mol. The van der Waals surface area contributed by atoms with Crippen LogP contribution in [0.25, 0.3) is 0 Å². The molecule has 0 aromatic heterocycles. The predicted octanol–water partition coefficient (Wildman–Crippen LogP) is 1.90. The van der Waals surface area contributed by atoms with Crippen LogP contribution in [0.15, 0.2) is 21.5 Å². The summed E-state index contributed by atoms with van der Waals surface area (Å²) in [4.78, 5) is 11.9. The Bertz CT molecular complexity index is 636. The highest BCUT2D eigenvalue weighted by molar-refractivity contribution is 9.10. The van der Waals surface area contributed by atoms with Crippen molar-refractivity contribution < 1.29 is 17.9 Å². The van der Waals surface area contributed by atoms with E-state index in [9.17, 15) is 13.2 Å². The zero-order valence-electron chi connectivity index (χ0n) is 11.5. The number of hydrogen-bond acceptors (Lipinski definition) is 4. The molecular weight excluding hydrogens is 384 g/mol. The monoisotopic (exact) mass is 398 g/mol. The summed E-state index contributed by atoms with van der Waals surface area (Å²) in [6.07, 6.45) is 0.621. The summed E-state index contributed by atoms with van der Waals surface area (Å²) in [6.45, 7) is 2.31. The van der Waals surface area contributed by atoms with E-state index in [1.54, 1.807) is 7.11 Å². The van der Waals surface area contributed by atoms with Gasteiger partial charge in [-0.1, -0.05) is 27.5 Å². The third kappa shape index (κ3) is 5.23. The van der Waals surface area contributed by atoms with Crippen LogP contribution in [-0.2, 0) is 14.8 Å². The van der Waals surface area contributed by atoms with Crippen molar-refractivity contribution in [3.05, 3.63) is 27.2 Å². The predicted molar refractivity (Wildman–Crippen MR) is 83.9 cm³/mol. The van der Waals surface area contributed by atoms with E-state index >= 15 is 0 Å². The molecule has 0 aliphatic rings. The van der Waals surface area contributed by atoms with E-state index in [1.807, 2.05) is 6.92 Å². The molecule has 3 N–H and O–H groups in total. The van der Waals surface area contributed by atoms with Crippen LogP contribution in [0.3, 0.4) is 0 Å². The Labute approximate surface area is 137 Å². The standard InChI is InChI=1S/C12H16BrClN2O4S/c1-7(3-4-20-2)16-12(17)9-5-8(13)6-10(11(9)14)21(15,18)19/h5-7H,3-4H2,1-2H3,(H,16,17)(H2,15,18,19). The van der Waals surface area contributed by atoms with Gasteiger partial charge in [-0.25, -0.2) is 13.6 Å². The highest BCUT2D eigenvalue weighted by atomic mass is 79.9. The molecule has 0 aliphatic carbocycles. The maximum absolute atomic E-state index is 12.2. The number of amides is 1. The number of primary sulfonamides is 1. The van der Waals surface area contributed by atoms with Crippen molar-refractivity contribution in [3.8, 4) is 0 Å². The largest absolute Gasteiger partial charge is 0.385 e. The van der Waals surface area contributed by atoms with Crippen molar-refractivity contribution in [3.63, 3.8) is 0 Å². The summed E-state index contributed by atoms with van der Waals surface area (Å²) in [5.74, 6) is -0.477. The van der Waals surface area contributed by atoms with Crippen LogP contribution in [0.2, 0.25) is 5.02 Å². The summed E-state index contributed by atoms with van der Waals surface area (Å²) in [6, 6.07) is 2.54. The van der Waals surface area contributed by atoms with Crippen LogP contribution in [-0.4, -0.2) is 34.1 Å². The van der Waals surface area contributed by atoms with Gasteiger partial charge >= 0.3 is 0 Å². The number of rotatable bonds is 6. The normalized spacial score (nSPS) is 13.0. The van der Waals surface area contributed by atoms with Crippen LogP contribution in [0.4, 0.5) is 0 Å². The molecule has 0 fully saturated rings. The number of sulfonamides is 1. The highest BCUT2D eigenvalue weighted by Gasteiger charge is 2.21. The van der Waals surface area contributed by atoms with Gasteiger partial charge in [0.2, 0.25) is 10.0 Å². The average Bonchev–Trinajstić information content (AvgIpc) is 2.37. The van der Waals surface area contributed by atoms with Gasteiger partial charge in [-0.3, -0.25) is 4.79 Å². The molecule has 0 radical (unpaired) electrons. The Morgan fingerprint density at radius 2 is 2.14 bits per heavy atom. The van der Waals surface area contributed by atoms with Crippen LogP contribution in [0, 0.1) is 0 Å². The van der Waals surface area contributed by atoms with E-state index in [2.05, 4.69) is 21.2 Å². The van der Waals surface area contributed by atoms with Crippen LogP contribution in [0.1, 0.15) is 23.7 Å². The van der Waals surface area contributed by atoms with Crippen molar-refractivity contribution in [2.24, 2.45) is 5.14 Å². The SMILES string of the molecule is COCCC(C)NC(=O)c1cc(Br)cc(S(N)(=O)=O)c1Cl. The molecular formula is C12H16BrClN2O4S. The second kappa shape index (κ2) is 7.55. The lowest BCUT2D eigenvalue weighted by Gasteiger charge is -2.15. The Hall–Kier alpha value is -0.670. The zero-order valence-corrected chi connectivity index (χ0v) is 14.7. The minimum Gasteiger partial charge on any atom is -0.385 e. The number of ether oxygens (including phenoxy) is 1. The van der Waals surface area contributed by atoms with E-state index in [-0.39, 0.29) is 21.5 Å². The summed E-state index contributed by atoms with van der Waals surface area (Å²) in [5.41, 5.74) is 0.0410. The van der Waals surface area contributed by atoms with Crippen molar-refractivity contribution in [1.29, 1.82) is 0 Å². The molecule has 1 aromatic rings. The first-order valence-electron chi connectivity index (χ1n) is 5.98. The third-order valence-electron chi connectivity index (χ3n) is 2.69. The Balaban J connectivity index is 3.08. The lowest BCUT2D eigenvalue weighted by Crippen LogP contribution is -2.33. The molecule has 118 valence electrons. The summed E-state index contributed by atoms with van der Waals surface area (Å²) in [5, 5.41) is 7.60. The van der Waals surface area contributed by atoms with Crippen LogP contribution in [0.5, 0.6) is 0 Å². The van der Waals surface area contributed by atoms with Crippen molar-refractivity contribution in [2.45, 2.75) is 24.3 Å². The number of halogens is 2. The number of hydrogen-bond donors (Lipinski definition) is 2. The van der Waals surface area contributed by atoms with Gasteiger partial charge < -0.3 is 10.1 Å². The first-order chi connectivity index (χ1) is 9.66. The summed E-state index contributed by atoms with van der Waals surface area (Å²) in [7, 11) is -2.45. The number of methoxy groups -OCH3 is 1. The minimum absolute atomic E-state index is 0.0410. The summed E-state index contributed by atoms with van der Waals surface area (Å²) >= 11 is 9.12. The molecule has 0 bridgehead atoms. The molecule has 0 heterocycles. The molecule has 6 nitrogen and oxygen atoms in total. The molecule has 0 saturated heterocycles. The number of nitrogens with two attached hydrogens (primary N) is 1. The Morgan fingerprint density at radius 1 is 1.52 bits per heavy atom. The second-order valence-corrected chi connectivity index (χ2v) is 7.29. The van der Waals surface area contributed by atoms with Crippen molar-refractivity contribution >= 4 is 43.5 Å². The number of benzene rings is 1. The van der Waals surface area contributed by atoms with Crippen LogP contribution >= 0.6 is 27.5 Å². The van der Waals surface area contributed by atoms with Gasteiger partial charge in [0.1, 0.15) is 4.90 Å². The van der Waals surface area contributed by atoms with E-state index in [0.717, 1.165) is 0 Å². The Morgan fingerprint density at radius 3 is 2.67 bits per heavy atom. The van der Waals surface area contributed by atoms with Gasteiger partial charge in [0, 0.05) is 24.2 Å². The maximum atomic E-state index is 12.2. The molecule has 21 heavy (non-hydrogen) atoms. The lowest BCUT2D eigenvalue weighted by molar-refractivity contribution is 0.0929. The van der Waals surface area contributed by atoms with E-state index in [1.165, 1.54) is 12.1 Å².